The van der Waals surface area contributed by atoms with Crippen LogP contribution in [-0.2, 0) is 14.8 Å². The van der Waals surface area contributed by atoms with E-state index in [0.29, 0.717) is 18.0 Å². The molecule has 0 aliphatic heterocycles. The first-order valence-electron chi connectivity index (χ1n) is 8.41. The van der Waals surface area contributed by atoms with Crippen LogP contribution in [-0.4, -0.2) is 38.2 Å². The zero-order chi connectivity index (χ0) is 20.9. The highest BCUT2D eigenvalue weighted by atomic mass is 32.2. The lowest BCUT2D eigenvalue weighted by molar-refractivity contribution is -0.384. The second kappa shape index (κ2) is 8.70. The zero-order valence-electron chi connectivity index (χ0n) is 15.7. The van der Waals surface area contributed by atoms with E-state index in [0.717, 1.165) is 16.6 Å². The second-order valence-corrected chi connectivity index (χ2v) is 7.79. The molecule has 0 bridgehead atoms. The summed E-state index contributed by atoms with van der Waals surface area (Å²) < 4.78 is 31.0. The summed E-state index contributed by atoms with van der Waals surface area (Å²) in [7, 11) is -3.90. The average molecular weight is 407 g/mol. The van der Waals surface area contributed by atoms with Crippen LogP contribution in [0.4, 0.5) is 17.1 Å². The van der Waals surface area contributed by atoms with Gasteiger partial charge in [0.25, 0.3) is 5.69 Å². The van der Waals surface area contributed by atoms with Crippen LogP contribution in [0, 0.1) is 10.1 Å². The lowest BCUT2D eigenvalue weighted by Crippen LogP contribution is -2.45. The SMILES string of the molecule is CCOc1ccccc1NC(=O)C(C)N(c1cccc([N+](=O)[O-])c1)S(C)(=O)=O. The number of sulfonamides is 1. The summed E-state index contributed by atoms with van der Waals surface area (Å²) in [5, 5.41) is 13.7. The van der Waals surface area contributed by atoms with Gasteiger partial charge in [0.15, 0.2) is 0 Å². The molecule has 0 aromatic heterocycles. The van der Waals surface area contributed by atoms with Gasteiger partial charge in [-0.2, -0.15) is 0 Å². The Kier molecular flexibility index (Phi) is 6.57. The number of carbonyl (C=O) groups is 1. The molecule has 0 saturated carbocycles. The molecule has 1 unspecified atom stereocenters. The molecular weight excluding hydrogens is 386 g/mol. The van der Waals surface area contributed by atoms with Gasteiger partial charge < -0.3 is 10.1 Å². The van der Waals surface area contributed by atoms with Crippen molar-refractivity contribution in [3.8, 4) is 5.75 Å². The highest BCUT2D eigenvalue weighted by Crippen LogP contribution is 2.27. The van der Waals surface area contributed by atoms with E-state index in [9.17, 15) is 23.3 Å². The molecule has 0 radical (unpaired) electrons. The molecule has 0 spiro atoms. The Bertz CT molecular complexity index is 977. The average Bonchev–Trinajstić information content (AvgIpc) is 2.62. The topological polar surface area (TPSA) is 119 Å². The highest BCUT2D eigenvalue weighted by molar-refractivity contribution is 7.92. The monoisotopic (exact) mass is 407 g/mol. The Balaban J connectivity index is 2.36. The van der Waals surface area contributed by atoms with Crippen LogP contribution in [0.25, 0.3) is 0 Å². The molecule has 0 aliphatic carbocycles. The minimum atomic E-state index is -3.90. The van der Waals surface area contributed by atoms with E-state index >= 15 is 0 Å². The van der Waals surface area contributed by atoms with E-state index in [1.54, 1.807) is 31.2 Å². The summed E-state index contributed by atoms with van der Waals surface area (Å²) in [4.78, 5) is 23.1. The largest absolute Gasteiger partial charge is 0.492 e. The van der Waals surface area contributed by atoms with Gasteiger partial charge in [0.05, 0.1) is 29.2 Å². The normalized spacial score (nSPS) is 12.1. The van der Waals surface area contributed by atoms with Crippen molar-refractivity contribution in [3.05, 3.63) is 58.6 Å². The van der Waals surface area contributed by atoms with Crippen molar-refractivity contribution in [1.82, 2.24) is 0 Å². The first-order valence-corrected chi connectivity index (χ1v) is 10.3. The molecular formula is C18H21N3O6S. The quantitative estimate of drug-likeness (QED) is 0.531. The molecule has 1 N–H and O–H groups in total. The maximum absolute atomic E-state index is 12.7. The smallest absolute Gasteiger partial charge is 0.271 e. The Morgan fingerprint density at radius 3 is 2.54 bits per heavy atom. The Hall–Kier alpha value is -3.14. The number of benzene rings is 2. The van der Waals surface area contributed by atoms with E-state index in [1.165, 1.54) is 25.1 Å². The van der Waals surface area contributed by atoms with Crippen molar-refractivity contribution in [2.24, 2.45) is 0 Å². The third kappa shape index (κ3) is 4.97. The summed E-state index contributed by atoms with van der Waals surface area (Å²) >= 11 is 0. The molecule has 2 rings (SSSR count). The van der Waals surface area contributed by atoms with Gasteiger partial charge >= 0.3 is 0 Å². The molecule has 2 aromatic rings. The number of para-hydroxylation sites is 2. The lowest BCUT2D eigenvalue weighted by Gasteiger charge is -2.28. The van der Waals surface area contributed by atoms with Gasteiger partial charge in [0.2, 0.25) is 15.9 Å². The molecule has 1 atom stereocenters. The first kappa shape index (κ1) is 21.2. The lowest BCUT2D eigenvalue weighted by atomic mass is 10.2. The minimum Gasteiger partial charge on any atom is -0.492 e. The molecule has 2 aromatic carbocycles. The van der Waals surface area contributed by atoms with E-state index in [-0.39, 0.29) is 11.4 Å². The van der Waals surface area contributed by atoms with Crippen molar-refractivity contribution in [3.63, 3.8) is 0 Å². The number of nitro groups is 1. The molecule has 0 fully saturated rings. The predicted molar refractivity (Wildman–Crippen MR) is 106 cm³/mol. The molecule has 0 heterocycles. The fourth-order valence-electron chi connectivity index (χ4n) is 2.64. The minimum absolute atomic E-state index is 0.0254. The molecule has 0 saturated heterocycles. The maximum Gasteiger partial charge on any atom is 0.271 e. The van der Waals surface area contributed by atoms with Gasteiger partial charge in [-0.3, -0.25) is 19.2 Å². The predicted octanol–water partition coefficient (Wildman–Crippen LogP) is 2.79. The van der Waals surface area contributed by atoms with Crippen LogP contribution < -0.4 is 14.4 Å². The molecule has 1 amide bonds. The van der Waals surface area contributed by atoms with Gasteiger partial charge in [0.1, 0.15) is 11.8 Å². The summed E-state index contributed by atoms with van der Waals surface area (Å²) in [5.41, 5.74) is 0.145. The van der Waals surface area contributed by atoms with E-state index in [2.05, 4.69) is 5.32 Å². The van der Waals surface area contributed by atoms with E-state index in [1.807, 2.05) is 0 Å². The summed E-state index contributed by atoms with van der Waals surface area (Å²) in [5.74, 6) is -0.157. The summed E-state index contributed by atoms with van der Waals surface area (Å²) in [6.07, 6.45) is 0.934. The summed E-state index contributed by atoms with van der Waals surface area (Å²) in [6, 6.07) is 10.7. The Labute approximate surface area is 163 Å². The fraction of sp³-hybridized carbons (Fsp3) is 0.278. The third-order valence-electron chi connectivity index (χ3n) is 3.83. The van der Waals surface area contributed by atoms with Crippen LogP contribution >= 0.6 is 0 Å². The van der Waals surface area contributed by atoms with Gasteiger partial charge in [-0.15, -0.1) is 0 Å². The number of hydrogen-bond donors (Lipinski definition) is 1. The maximum atomic E-state index is 12.7. The third-order valence-corrected chi connectivity index (χ3v) is 5.07. The van der Waals surface area contributed by atoms with Crippen molar-refractivity contribution in [2.75, 3.05) is 22.5 Å². The van der Waals surface area contributed by atoms with Crippen LogP contribution in [0.3, 0.4) is 0 Å². The van der Waals surface area contributed by atoms with Crippen LogP contribution in [0.2, 0.25) is 0 Å². The Morgan fingerprint density at radius 1 is 1.25 bits per heavy atom. The number of carbonyl (C=O) groups excluding carboxylic acids is 1. The van der Waals surface area contributed by atoms with Gasteiger partial charge in [-0.05, 0) is 32.0 Å². The standard InChI is InChI=1S/C18H21N3O6S/c1-4-27-17-11-6-5-10-16(17)19-18(22)13(2)20(28(3,25)26)14-8-7-9-15(12-14)21(23)24/h5-13H,4H2,1-3H3,(H,19,22). The second-order valence-electron chi connectivity index (χ2n) is 5.93. The number of nitro benzene ring substituents is 1. The molecule has 0 aliphatic rings. The van der Waals surface area contributed by atoms with Crippen LogP contribution in [0.5, 0.6) is 5.75 Å². The van der Waals surface area contributed by atoms with Crippen LogP contribution in [0.15, 0.2) is 48.5 Å². The van der Waals surface area contributed by atoms with Crippen molar-refractivity contribution in [1.29, 1.82) is 0 Å². The number of nitrogens with one attached hydrogen (secondary N) is 1. The van der Waals surface area contributed by atoms with E-state index < -0.39 is 26.9 Å². The van der Waals surface area contributed by atoms with Gasteiger partial charge in [-0.1, -0.05) is 18.2 Å². The van der Waals surface area contributed by atoms with Gasteiger partial charge in [-0.25, -0.2) is 8.42 Å². The van der Waals surface area contributed by atoms with Crippen molar-refractivity contribution in [2.45, 2.75) is 19.9 Å². The Morgan fingerprint density at radius 2 is 1.93 bits per heavy atom. The number of hydrogen-bond acceptors (Lipinski definition) is 6. The first-order chi connectivity index (χ1) is 13.1. The van der Waals surface area contributed by atoms with Gasteiger partial charge in [0, 0.05) is 12.1 Å². The summed E-state index contributed by atoms with van der Waals surface area (Å²) in [6.45, 7) is 3.60. The number of amides is 1. The highest BCUT2D eigenvalue weighted by Gasteiger charge is 2.30. The van der Waals surface area contributed by atoms with E-state index in [4.69, 9.17) is 4.74 Å². The molecule has 150 valence electrons. The number of nitrogens with zero attached hydrogens (tertiary/aromatic N) is 2. The fourth-order valence-corrected chi connectivity index (χ4v) is 3.81. The van der Waals surface area contributed by atoms with Crippen LogP contribution in [0.1, 0.15) is 13.8 Å². The number of rotatable bonds is 8. The number of non-ortho nitro benzene ring substituents is 1. The van der Waals surface area contributed by atoms with Crippen molar-refractivity contribution >= 4 is 33.0 Å². The number of anilines is 2. The zero-order valence-corrected chi connectivity index (χ0v) is 16.5. The molecule has 9 nitrogen and oxygen atoms in total. The molecule has 10 heteroatoms. The number of ether oxygens (including phenoxy) is 1. The molecule has 28 heavy (non-hydrogen) atoms. The van der Waals surface area contributed by atoms with Crippen molar-refractivity contribution < 1.29 is 22.9 Å².